The van der Waals surface area contributed by atoms with Crippen LogP contribution in [0.3, 0.4) is 0 Å². The summed E-state index contributed by atoms with van der Waals surface area (Å²) in [7, 11) is 0. The van der Waals surface area contributed by atoms with E-state index in [1.807, 2.05) is 30.3 Å². The van der Waals surface area contributed by atoms with Crippen LogP contribution in [0.2, 0.25) is 5.02 Å². The monoisotopic (exact) mass is 384 g/mol. The molecule has 0 saturated heterocycles. The van der Waals surface area contributed by atoms with Crippen molar-refractivity contribution >= 4 is 29.2 Å². The topological polar surface area (TPSA) is 86.1 Å². The number of halogens is 1. The first-order valence-corrected chi connectivity index (χ1v) is 8.58. The fourth-order valence-corrected chi connectivity index (χ4v) is 2.42. The Kier molecular flexibility index (Phi) is 5.52. The second kappa shape index (κ2) is 8.01. The highest BCUT2D eigenvalue weighted by atomic mass is 35.5. The lowest BCUT2D eigenvalue weighted by atomic mass is 10.3. The van der Waals surface area contributed by atoms with Crippen LogP contribution >= 0.6 is 11.6 Å². The Hall–Kier alpha value is -3.19. The van der Waals surface area contributed by atoms with E-state index in [0.717, 1.165) is 0 Å². The second-order valence-corrected chi connectivity index (χ2v) is 6.24. The van der Waals surface area contributed by atoms with Crippen LogP contribution in [0.4, 0.5) is 5.69 Å². The van der Waals surface area contributed by atoms with E-state index in [9.17, 15) is 9.59 Å². The Morgan fingerprint density at radius 1 is 1.07 bits per heavy atom. The van der Waals surface area contributed by atoms with E-state index in [1.165, 1.54) is 11.7 Å². The number of amides is 1. The summed E-state index contributed by atoms with van der Waals surface area (Å²) >= 11 is 5.81. The van der Waals surface area contributed by atoms with Crippen LogP contribution in [0, 0.1) is 6.92 Å². The van der Waals surface area contributed by atoms with Crippen molar-refractivity contribution in [2.24, 2.45) is 0 Å². The zero-order valence-corrected chi connectivity index (χ0v) is 15.5. The van der Waals surface area contributed by atoms with Crippen LogP contribution in [0.1, 0.15) is 23.1 Å². The Labute approximate surface area is 160 Å². The Balaban J connectivity index is 1.67. The van der Waals surface area contributed by atoms with E-state index in [1.54, 1.807) is 31.2 Å². The lowest BCUT2D eigenvalue weighted by Crippen LogP contribution is -2.30. The number of aromatic nitrogens is 3. The van der Waals surface area contributed by atoms with Gasteiger partial charge in [-0.3, -0.25) is 4.79 Å². The van der Waals surface area contributed by atoms with Gasteiger partial charge in [-0.1, -0.05) is 29.8 Å². The number of ether oxygens (including phenoxy) is 1. The Morgan fingerprint density at radius 3 is 2.41 bits per heavy atom. The molecule has 7 nitrogen and oxygen atoms in total. The molecule has 3 aromatic rings. The standard InChI is InChI=1S/C19H17ClN4O3/c1-12-17(23-24(22-12)16-6-4-3-5-7-16)19(26)27-13(2)18(25)21-15-10-8-14(20)9-11-15/h3-11,13H,1-2H3,(H,21,25). The van der Waals surface area contributed by atoms with Gasteiger partial charge in [0.15, 0.2) is 11.8 Å². The van der Waals surface area contributed by atoms with Crippen LogP contribution in [0.25, 0.3) is 5.69 Å². The lowest BCUT2D eigenvalue weighted by Gasteiger charge is -2.12. The number of anilines is 1. The smallest absolute Gasteiger partial charge is 0.361 e. The fraction of sp³-hybridized carbons (Fsp3) is 0.158. The minimum absolute atomic E-state index is 0.0602. The van der Waals surface area contributed by atoms with Gasteiger partial charge in [0.25, 0.3) is 5.91 Å². The molecule has 1 heterocycles. The number of nitrogens with zero attached hydrogens (tertiary/aromatic N) is 3. The largest absolute Gasteiger partial charge is 0.448 e. The maximum Gasteiger partial charge on any atom is 0.361 e. The molecule has 1 aromatic heterocycles. The second-order valence-electron chi connectivity index (χ2n) is 5.80. The zero-order chi connectivity index (χ0) is 19.4. The predicted octanol–water partition coefficient (Wildman–Crippen LogP) is 3.41. The van der Waals surface area contributed by atoms with E-state index in [4.69, 9.17) is 16.3 Å². The maximum atomic E-state index is 12.4. The number of hydrogen-bond acceptors (Lipinski definition) is 5. The molecule has 0 aliphatic carbocycles. The molecular formula is C19H17ClN4O3. The highest BCUT2D eigenvalue weighted by Crippen LogP contribution is 2.15. The molecule has 8 heteroatoms. The molecule has 1 amide bonds. The molecule has 0 fully saturated rings. The van der Waals surface area contributed by atoms with E-state index in [-0.39, 0.29) is 5.69 Å². The minimum Gasteiger partial charge on any atom is -0.448 e. The number of carbonyl (C=O) groups excluding carboxylic acids is 2. The molecule has 0 saturated carbocycles. The van der Waals surface area contributed by atoms with Crippen molar-refractivity contribution in [3.05, 3.63) is 71.0 Å². The van der Waals surface area contributed by atoms with E-state index < -0.39 is 18.0 Å². The molecule has 27 heavy (non-hydrogen) atoms. The van der Waals surface area contributed by atoms with Crippen molar-refractivity contribution in [3.63, 3.8) is 0 Å². The number of rotatable bonds is 5. The molecule has 3 rings (SSSR count). The van der Waals surface area contributed by atoms with Crippen molar-refractivity contribution in [3.8, 4) is 5.69 Å². The van der Waals surface area contributed by atoms with Crippen LogP contribution in [0.5, 0.6) is 0 Å². The summed E-state index contributed by atoms with van der Waals surface area (Å²) in [6, 6.07) is 15.8. The number of benzene rings is 2. The quantitative estimate of drug-likeness (QED) is 0.681. The first-order chi connectivity index (χ1) is 12.9. The van der Waals surface area contributed by atoms with Gasteiger partial charge in [0.1, 0.15) is 0 Å². The highest BCUT2D eigenvalue weighted by Gasteiger charge is 2.23. The van der Waals surface area contributed by atoms with E-state index in [0.29, 0.717) is 22.1 Å². The summed E-state index contributed by atoms with van der Waals surface area (Å²) in [5.41, 5.74) is 1.74. The van der Waals surface area contributed by atoms with Gasteiger partial charge in [0, 0.05) is 10.7 Å². The van der Waals surface area contributed by atoms with Gasteiger partial charge < -0.3 is 10.1 Å². The first kappa shape index (κ1) is 18.6. The molecule has 138 valence electrons. The molecule has 0 radical (unpaired) electrons. The Bertz CT molecular complexity index is 955. The zero-order valence-electron chi connectivity index (χ0n) is 14.7. The molecule has 0 bridgehead atoms. The summed E-state index contributed by atoms with van der Waals surface area (Å²) in [6.45, 7) is 3.14. The third-order valence-electron chi connectivity index (χ3n) is 3.73. The van der Waals surface area contributed by atoms with Crippen molar-refractivity contribution in [1.29, 1.82) is 0 Å². The summed E-state index contributed by atoms with van der Waals surface area (Å²) in [4.78, 5) is 26.0. The SMILES string of the molecule is Cc1nn(-c2ccccc2)nc1C(=O)OC(C)C(=O)Nc1ccc(Cl)cc1. The average molecular weight is 385 g/mol. The van der Waals surface area contributed by atoms with Gasteiger partial charge in [-0.15, -0.1) is 5.10 Å². The van der Waals surface area contributed by atoms with Crippen LogP contribution in [-0.4, -0.2) is 33.0 Å². The van der Waals surface area contributed by atoms with Crippen molar-refractivity contribution in [2.45, 2.75) is 20.0 Å². The minimum atomic E-state index is -1.01. The summed E-state index contributed by atoms with van der Waals surface area (Å²) in [5, 5.41) is 11.6. The van der Waals surface area contributed by atoms with Gasteiger partial charge >= 0.3 is 5.97 Å². The summed E-state index contributed by atoms with van der Waals surface area (Å²) in [6.07, 6.45) is -1.01. The number of nitrogens with one attached hydrogen (secondary N) is 1. The third-order valence-corrected chi connectivity index (χ3v) is 3.98. The molecule has 1 N–H and O–H groups in total. The lowest BCUT2D eigenvalue weighted by molar-refractivity contribution is -0.123. The highest BCUT2D eigenvalue weighted by molar-refractivity contribution is 6.30. The molecule has 1 atom stereocenters. The molecule has 0 aliphatic heterocycles. The van der Waals surface area contributed by atoms with E-state index in [2.05, 4.69) is 15.5 Å². The van der Waals surface area contributed by atoms with Gasteiger partial charge in [0.05, 0.1) is 11.4 Å². The Morgan fingerprint density at radius 2 is 1.74 bits per heavy atom. The van der Waals surface area contributed by atoms with Gasteiger partial charge in [-0.25, -0.2) is 4.79 Å². The predicted molar refractivity (Wildman–Crippen MR) is 101 cm³/mol. The normalized spacial score (nSPS) is 11.7. The summed E-state index contributed by atoms with van der Waals surface area (Å²) in [5.74, 6) is -1.17. The first-order valence-electron chi connectivity index (χ1n) is 8.21. The van der Waals surface area contributed by atoms with Crippen molar-refractivity contribution < 1.29 is 14.3 Å². The molecule has 1 unspecified atom stereocenters. The number of carbonyl (C=O) groups is 2. The number of para-hydroxylation sites is 1. The molecule has 0 aliphatic rings. The van der Waals surface area contributed by atoms with Crippen LogP contribution in [0.15, 0.2) is 54.6 Å². The van der Waals surface area contributed by atoms with Crippen LogP contribution in [-0.2, 0) is 9.53 Å². The van der Waals surface area contributed by atoms with E-state index >= 15 is 0 Å². The molecule has 0 spiro atoms. The van der Waals surface area contributed by atoms with Crippen molar-refractivity contribution in [1.82, 2.24) is 15.0 Å². The number of esters is 1. The van der Waals surface area contributed by atoms with Gasteiger partial charge in [-0.05, 0) is 50.2 Å². The summed E-state index contributed by atoms with van der Waals surface area (Å²) < 4.78 is 5.23. The fourth-order valence-electron chi connectivity index (χ4n) is 2.29. The number of hydrogen-bond donors (Lipinski definition) is 1. The maximum absolute atomic E-state index is 12.4. The van der Waals surface area contributed by atoms with Crippen LogP contribution < -0.4 is 5.32 Å². The van der Waals surface area contributed by atoms with Gasteiger partial charge in [0.2, 0.25) is 0 Å². The third kappa shape index (κ3) is 4.51. The average Bonchev–Trinajstić information content (AvgIpc) is 3.06. The molecule has 2 aromatic carbocycles. The van der Waals surface area contributed by atoms with Crippen molar-refractivity contribution in [2.75, 3.05) is 5.32 Å². The molecular weight excluding hydrogens is 368 g/mol. The number of aryl methyl sites for hydroxylation is 1. The van der Waals surface area contributed by atoms with Gasteiger partial charge in [-0.2, -0.15) is 9.90 Å².